The minimum Gasteiger partial charge on any atom is -0.465 e. The average molecular weight is 347 g/mol. The van der Waals surface area contributed by atoms with Gasteiger partial charge in [-0.15, -0.1) is 0 Å². The van der Waals surface area contributed by atoms with E-state index in [1.54, 1.807) is 0 Å². The summed E-state index contributed by atoms with van der Waals surface area (Å²) >= 11 is 0. The van der Waals surface area contributed by atoms with E-state index in [0.29, 0.717) is 6.07 Å². The molecule has 24 heavy (non-hydrogen) atoms. The van der Waals surface area contributed by atoms with Gasteiger partial charge in [0.05, 0.1) is 35.4 Å². The fourth-order valence-electron chi connectivity index (χ4n) is 1.86. The molecule has 0 radical (unpaired) electrons. The number of carbonyl (C=O) groups is 1. The monoisotopic (exact) mass is 347 g/mol. The summed E-state index contributed by atoms with van der Waals surface area (Å²) in [5, 5.41) is 12.5. The van der Waals surface area contributed by atoms with Gasteiger partial charge in [0.25, 0.3) is 0 Å². The van der Waals surface area contributed by atoms with E-state index in [4.69, 9.17) is 5.11 Å². The van der Waals surface area contributed by atoms with Crippen molar-refractivity contribution in [1.29, 1.82) is 0 Å². The number of nitrogens with zero attached hydrogens (tertiary/aromatic N) is 1. The molecule has 2 rings (SSSR count). The molecule has 2 aromatic rings. The molecule has 3 N–H and O–H groups in total. The number of aromatic nitrogens is 1. The molecule has 0 aliphatic carbocycles. The number of nitrogens with one attached hydrogen (secondary N) is 2. The van der Waals surface area contributed by atoms with Crippen LogP contribution >= 0.6 is 0 Å². The van der Waals surface area contributed by atoms with Crippen LogP contribution in [0, 0.1) is 11.6 Å². The van der Waals surface area contributed by atoms with Crippen LogP contribution in [0.15, 0.2) is 30.5 Å². The highest BCUT2D eigenvalue weighted by Crippen LogP contribution is 2.37. The quantitative estimate of drug-likeness (QED) is 0.734. The van der Waals surface area contributed by atoms with Gasteiger partial charge in [-0.1, -0.05) is 6.07 Å². The van der Waals surface area contributed by atoms with Gasteiger partial charge >= 0.3 is 12.3 Å². The largest absolute Gasteiger partial charge is 0.465 e. The maximum atomic E-state index is 13.8. The Balaban J connectivity index is 2.29. The molecule has 0 spiro atoms. The van der Waals surface area contributed by atoms with Gasteiger partial charge in [0.1, 0.15) is 11.6 Å². The van der Waals surface area contributed by atoms with E-state index in [1.807, 2.05) is 5.32 Å². The second-order valence-corrected chi connectivity index (χ2v) is 4.60. The molecule has 0 fully saturated rings. The van der Waals surface area contributed by atoms with Crippen LogP contribution < -0.4 is 10.6 Å². The molecule has 128 valence electrons. The number of anilines is 2. The predicted octanol–water partition coefficient (Wildman–Crippen LogP) is 3.89. The van der Waals surface area contributed by atoms with Gasteiger partial charge in [0.15, 0.2) is 0 Å². The molecule has 1 aromatic carbocycles. The Morgan fingerprint density at radius 1 is 1.21 bits per heavy atom. The molecule has 5 nitrogen and oxygen atoms in total. The standard InChI is InChI=1S/C14H10F5N3O2/c15-9-3-1-2-8(14(17,18)19)12(9)22-7-4-10(16)11(20-5-7)6-21-13(23)24/h1-5,21-22H,6H2,(H,23,24). The van der Waals surface area contributed by atoms with E-state index < -0.39 is 41.7 Å². The number of alkyl halides is 3. The fourth-order valence-corrected chi connectivity index (χ4v) is 1.86. The van der Waals surface area contributed by atoms with E-state index >= 15 is 0 Å². The Morgan fingerprint density at radius 3 is 2.50 bits per heavy atom. The summed E-state index contributed by atoms with van der Waals surface area (Å²) in [6.45, 7) is -0.422. The summed E-state index contributed by atoms with van der Waals surface area (Å²) in [6, 6.07) is 3.20. The van der Waals surface area contributed by atoms with Crippen molar-refractivity contribution < 1.29 is 31.9 Å². The van der Waals surface area contributed by atoms with Gasteiger partial charge in [-0.05, 0) is 12.1 Å². The van der Waals surface area contributed by atoms with Crippen molar-refractivity contribution in [1.82, 2.24) is 10.3 Å². The van der Waals surface area contributed by atoms with Crippen molar-refractivity contribution in [3.05, 3.63) is 53.4 Å². The number of rotatable bonds is 4. The summed E-state index contributed by atoms with van der Waals surface area (Å²) in [4.78, 5) is 13.9. The highest BCUT2D eigenvalue weighted by atomic mass is 19.4. The first-order valence-electron chi connectivity index (χ1n) is 6.42. The molecular weight excluding hydrogens is 337 g/mol. The third-order valence-corrected chi connectivity index (χ3v) is 2.91. The molecule has 0 saturated carbocycles. The van der Waals surface area contributed by atoms with Crippen LogP contribution in [0.5, 0.6) is 0 Å². The topological polar surface area (TPSA) is 74.2 Å². The first kappa shape index (κ1) is 17.4. The van der Waals surface area contributed by atoms with Crippen molar-refractivity contribution in [2.24, 2.45) is 0 Å². The van der Waals surface area contributed by atoms with Crippen LogP contribution in [-0.4, -0.2) is 16.2 Å². The van der Waals surface area contributed by atoms with E-state index in [-0.39, 0.29) is 11.4 Å². The molecule has 0 bridgehead atoms. The van der Waals surface area contributed by atoms with Crippen molar-refractivity contribution >= 4 is 17.5 Å². The lowest BCUT2D eigenvalue weighted by Gasteiger charge is -2.15. The molecule has 1 aromatic heterocycles. The van der Waals surface area contributed by atoms with Crippen LogP contribution in [0.2, 0.25) is 0 Å². The van der Waals surface area contributed by atoms with Crippen LogP contribution in [0.4, 0.5) is 38.1 Å². The van der Waals surface area contributed by atoms with Crippen LogP contribution in [0.25, 0.3) is 0 Å². The Kier molecular flexibility index (Phi) is 4.86. The van der Waals surface area contributed by atoms with E-state index in [9.17, 15) is 26.7 Å². The molecule has 10 heteroatoms. The van der Waals surface area contributed by atoms with Crippen LogP contribution in [0.3, 0.4) is 0 Å². The van der Waals surface area contributed by atoms with Crippen LogP contribution in [0.1, 0.15) is 11.3 Å². The zero-order valence-corrected chi connectivity index (χ0v) is 11.8. The maximum absolute atomic E-state index is 13.8. The zero-order chi connectivity index (χ0) is 17.9. The van der Waals surface area contributed by atoms with Gasteiger partial charge in [0.2, 0.25) is 0 Å². The molecule has 1 amide bonds. The van der Waals surface area contributed by atoms with E-state index in [2.05, 4.69) is 10.3 Å². The number of benzene rings is 1. The van der Waals surface area contributed by atoms with Crippen molar-refractivity contribution in [3.63, 3.8) is 0 Å². The van der Waals surface area contributed by atoms with E-state index in [1.165, 1.54) is 0 Å². The predicted molar refractivity (Wildman–Crippen MR) is 73.7 cm³/mol. The molecule has 0 unspecified atom stereocenters. The van der Waals surface area contributed by atoms with E-state index in [0.717, 1.165) is 24.4 Å². The van der Waals surface area contributed by atoms with Crippen molar-refractivity contribution in [3.8, 4) is 0 Å². The fraction of sp³-hybridized carbons (Fsp3) is 0.143. The first-order valence-corrected chi connectivity index (χ1v) is 6.42. The second kappa shape index (κ2) is 6.69. The van der Waals surface area contributed by atoms with Crippen molar-refractivity contribution in [2.75, 3.05) is 5.32 Å². The SMILES string of the molecule is O=C(O)NCc1ncc(Nc2c(F)cccc2C(F)(F)F)cc1F. The Labute approximate surface area is 132 Å². The number of halogens is 5. The highest BCUT2D eigenvalue weighted by molar-refractivity contribution is 5.65. The summed E-state index contributed by atoms with van der Waals surface area (Å²) in [6.07, 6.45) is -5.23. The van der Waals surface area contributed by atoms with Crippen LogP contribution in [-0.2, 0) is 12.7 Å². The number of hydrogen-bond acceptors (Lipinski definition) is 3. The van der Waals surface area contributed by atoms with Gasteiger partial charge in [-0.3, -0.25) is 4.98 Å². The number of hydrogen-bond donors (Lipinski definition) is 3. The number of pyridine rings is 1. The normalized spacial score (nSPS) is 11.2. The van der Waals surface area contributed by atoms with Gasteiger partial charge in [0, 0.05) is 6.07 Å². The summed E-state index contributed by atoms with van der Waals surface area (Å²) in [5.74, 6) is -2.12. The Bertz CT molecular complexity index is 765. The second-order valence-electron chi connectivity index (χ2n) is 4.60. The number of para-hydroxylation sites is 1. The maximum Gasteiger partial charge on any atom is 0.418 e. The minimum absolute atomic E-state index is 0.220. The van der Waals surface area contributed by atoms with Gasteiger partial charge < -0.3 is 15.7 Å². The molecule has 0 saturated heterocycles. The summed E-state index contributed by atoms with van der Waals surface area (Å²) in [5.41, 5.74) is -2.59. The lowest BCUT2D eigenvalue weighted by Crippen LogP contribution is -2.21. The van der Waals surface area contributed by atoms with Gasteiger partial charge in [-0.2, -0.15) is 13.2 Å². The molecular formula is C14H10F5N3O2. The summed E-state index contributed by atoms with van der Waals surface area (Å²) in [7, 11) is 0. The Morgan fingerprint density at radius 2 is 1.92 bits per heavy atom. The average Bonchev–Trinajstić information content (AvgIpc) is 2.47. The molecule has 0 atom stereocenters. The minimum atomic E-state index is -4.80. The third-order valence-electron chi connectivity index (χ3n) is 2.91. The lowest BCUT2D eigenvalue weighted by molar-refractivity contribution is -0.137. The smallest absolute Gasteiger partial charge is 0.418 e. The first-order chi connectivity index (χ1) is 11.2. The number of carboxylic acid groups (broad SMARTS) is 1. The molecule has 0 aliphatic heterocycles. The molecule has 0 aliphatic rings. The van der Waals surface area contributed by atoms with Gasteiger partial charge in [-0.25, -0.2) is 13.6 Å². The summed E-state index contributed by atoms with van der Waals surface area (Å²) < 4.78 is 66.2. The highest BCUT2D eigenvalue weighted by Gasteiger charge is 2.34. The zero-order valence-electron chi connectivity index (χ0n) is 11.8. The number of amides is 1. The Hall–Kier alpha value is -2.91. The molecule has 1 heterocycles. The third kappa shape index (κ3) is 4.09. The van der Waals surface area contributed by atoms with Crippen molar-refractivity contribution in [2.45, 2.75) is 12.7 Å². The lowest BCUT2D eigenvalue weighted by atomic mass is 10.1.